The van der Waals surface area contributed by atoms with E-state index in [-0.39, 0.29) is 5.56 Å². The predicted molar refractivity (Wildman–Crippen MR) is 134 cm³/mol. The topological polar surface area (TPSA) is 70.1 Å². The first kappa shape index (κ1) is 21.4. The quantitative estimate of drug-likeness (QED) is 0.401. The van der Waals surface area contributed by atoms with Gasteiger partial charge in [0.15, 0.2) is 5.82 Å². The molecule has 1 aliphatic carbocycles. The van der Waals surface area contributed by atoms with E-state index in [1.807, 2.05) is 16.7 Å². The highest BCUT2D eigenvalue weighted by Gasteiger charge is 2.24. The van der Waals surface area contributed by atoms with Gasteiger partial charge in [0.05, 0.1) is 22.9 Å². The number of aromatic nitrogens is 2. The molecule has 1 aliphatic rings. The summed E-state index contributed by atoms with van der Waals surface area (Å²) in [6, 6.07) is 14.0. The summed E-state index contributed by atoms with van der Waals surface area (Å²) in [6.45, 7) is 1.40. The average molecular weight is 466 g/mol. The Morgan fingerprint density at radius 3 is 2.75 bits per heavy atom. The lowest BCUT2D eigenvalue weighted by atomic mass is 9.81. The minimum atomic E-state index is 0.00449. The number of nitrogens with two attached hydrogens (primary N) is 1. The highest BCUT2D eigenvalue weighted by atomic mass is 32.1. The van der Waals surface area contributed by atoms with Crippen molar-refractivity contribution in [2.24, 2.45) is 17.6 Å². The van der Waals surface area contributed by atoms with Gasteiger partial charge in [0.25, 0.3) is 5.56 Å². The number of thiophene rings is 2. The molecule has 1 saturated carbocycles. The van der Waals surface area contributed by atoms with Gasteiger partial charge in [0.1, 0.15) is 5.75 Å². The maximum atomic E-state index is 13.7. The molecule has 0 spiro atoms. The molecule has 3 aromatic heterocycles. The van der Waals surface area contributed by atoms with Gasteiger partial charge in [-0.2, -0.15) is 0 Å². The second-order valence-corrected chi connectivity index (χ2v) is 10.5. The van der Waals surface area contributed by atoms with E-state index in [1.54, 1.807) is 35.8 Å². The van der Waals surface area contributed by atoms with Crippen LogP contribution in [0.4, 0.5) is 0 Å². The van der Waals surface area contributed by atoms with E-state index in [1.165, 1.54) is 22.6 Å². The number of hydrogen-bond acceptors (Lipinski definition) is 6. The van der Waals surface area contributed by atoms with Gasteiger partial charge in [0, 0.05) is 16.3 Å². The van der Waals surface area contributed by atoms with Gasteiger partial charge in [-0.3, -0.25) is 9.36 Å². The average Bonchev–Trinajstić information content (AvgIpc) is 3.53. The Balaban J connectivity index is 1.62. The fraction of sp³-hybridized carbons (Fsp3) is 0.360. The number of benzene rings is 1. The Morgan fingerprint density at radius 1 is 1.12 bits per heavy atom. The Bertz CT molecular complexity index is 1280. The van der Waals surface area contributed by atoms with Crippen molar-refractivity contribution < 1.29 is 4.74 Å². The van der Waals surface area contributed by atoms with E-state index in [9.17, 15) is 4.79 Å². The first-order chi connectivity index (χ1) is 15.7. The molecule has 5 nitrogen and oxygen atoms in total. The summed E-state index contributed by atoms with van der Waals surface area (Å²) in [7, 11) is 1.62. The standard InChI is InChI=1S/C25H27N3O2S2/c1-30-18-7-8-20-19(13-18)25(29)28(15-17-5-2-4-16(12-17)14-26)24(27-20)23-10-9-22(32-23)21-6-3-11-31-21/h3,6-11,13,16-17H,2,4-5,12,14-15,26H2,1H3. The number of methoxy groups -OCH3 is 1. The molecule has 3 heterocycles. The Labute approximate surface area is 195 Å². The van der Waals surface area contributed by atoms with Gasteiger partial charge >= 0.3 is 0 Å². The Hall–Kier alpha value is -2.48. The second-order valence-electron chi connectivity index (χ2n) is 8.51. The van der Waals surface area contributed by atoms with E-state index in [4.69, 9.17) is 15.5 Å². The molecule has 166 valence electrons. The van der Waals surface area contributed by atoms with Crippen molar-refractivity contribution in [2.75, 3.05) is 13.7 Å². The zero-order valence-electron chi connectivity index (χ0n) is 18.1. The molecule has 0 aliphatic heterocycles. The number of hydrogen-bond donors (Lipinski definition) is 1. The maximum absolute atomic E-state index is 13.7. The summed E-state index contributed by atoms with van der Waals surface area (Å²) in [5.74, 6) is 2.42. The minimum absolute atomic E-state index is 0.00449. The lowest BCUT2D eigenvalue weighted by Crippen LogP contribution is -2.30. The molecule has 4 aromatic rings. The van der Waals surface area contributed by atoms with E-state index in [0.29, 0.717) is 35.0 Å². The fourth-order valence-electron chi connectivity index (χ4n) is 4.73. The third-order valence-corrected chi connectivity index (χ3v) is 8.56. The molecular weight excluding hydrogens is 438 g/mol. The van der Waals surface area contributed by atoms with Gasteiger partial charge in [-0.15, -0.1) is 22.7 Å². The van der Waals surface area contributed by atoms with Crippen LogP contribution >= 0.6 is 22.7 Å². The van der Waals surface area contributed by atoms with Crippen molar-refractivity contribution in [3.63, 3.8) is 0 Å². The van der Waals surface area contributed by atoms with E-state index in [0.717, 1.165) is 30.1 Å². The Kier molecular flexibility index (Phi) is 6.13. The van der Waals surface area contributed by atoms with Crippen LogP contribution in [0.25, 0.3) is 31.4 Å². The fourth-order valence-corrected chi connectivity index (χ4v) is 6.57. The zero-order chi connectivity index (χ0) is 22.1. The van der Waals surface area contributed by atoms with Crippen LogP contribution in [0.2, 0.25) is 0 Å². The normalized spacial score (nSPS) is 18.8. The molecule has 2 N–H and O–H groups in total. The monoisotopic (exact) mass is 465 g/mol. The summed E-state index contributed by atoms with van der Waals surface area (Å²) in [4.78, 5) is 22.1. The summed E-state index contributed by atoms with van der Waals surface area (Å²) >= 11 is 3.42. The number of fused-ring (bicyclic) bond motifs is 1. The van der Waals surface area contributed by atoms with Crippen LogP contribution in [0.3, 0.4) is 0 Å². The van der Waals surface area contributed by atoms with Crippen LogP contribution in [0, 0.1) is 11.8 Å². The lowest BCUT2D eigenvalue weighted by Gasteiger charge is -2.29. The van der Waals surface area contributed by atoms with Crippen LogP contribution in [0.1, 0.15) is 25.7 Å². The van der Waals surface area contributed by atoms with Gasteiger partial charge in [-0.25, -0.2) is 4.98 Å². The zero-order valence-corrected chi connectivity index (χ0v) is 19.8. The van der Waals surface area contributed by atoms with Gasteiger partial charge in [0.2, 0.25) is 0 Å². The third kappa shape index (κ3) is 4.12. The Morgan fingerprint density at radius 2 is 1.97 bits per heavy atom. The molecule has 0 saturated heterocycles. The molecule has 32 heavy (non-hydrogen) atoms. The molecular formula is C25H27N3O2S2. The van der Waals surface area contributed by atoms with Gasteiger partial charge < -0.3 is 10.5 Å². The summed E-state index contributed by atoms with van der Waals surface area (Å²) in [5, 5.41) is 2.69. The smallest absolute Gasteiger partial charge is 0.261 e. The van der Waals surface area contributed by atoms with Crippen molar-refractivity contribution in [2.45, 2.75) is 32.2 Å². The predicted octanol–water partition coefficient (Wildman–Crippen LogP) is 5.63. The van der Waals surface area contributed by atoms with Crippen LogP contribution in [-0.4, -0.2) is 23.2 Å². The van der Waals surface area contributed by atoms with E-state index < -0.39 is 0 Å². The summed E-state index contributed by atoms with van der Waals surface area (Å²) in [5.41, 5.74) is 6.68. The number of nitrogens with zero attached hydrogens (tertiary/aromatic N) is 2. The lowest BCUT2D eigenvalue weighted by molar-refractivity contribution is 0.246. The molecule has 7 heteroatoms. The highest BCUT2D eigenvalue weighted by molar-refractivity contribution is 7.23. The van der Waals surface area contributed by atoms with Crippen LogP contribution < -0.4 is 16.0 Å². The molecule has 5 rings (SSSR count). The largest absolute Gasteiger partial charge is 0.497 e. The van der Waals surface area contributed by atoms with Crippen LogP contribution in [0.5, 0.6) is 5.75 Å². The minimum Gasteiger partial charge on any atom is -0.497 e. The third-order valence-electron chi connectivity index (χ3n) is 6.42. The summed E-state index contributed by atoms with van der Waals surface area (Å²) in [6.07, 6.45) is 4.57. The van der Waals surface area contributed by atoms with Gasteiger partial charge in [-0.05, 0) is 79.4 Å². The van der Waals surface area contributed by atoms with E-state index >= 15 is 0 Å². The van der Waals surface area contributed by atoms with E-state index in [2.05, 4.69) is 29.6 Å². The molecule has 0 radical (unpaired) electrons. The first-order valence-corrected chi connectivity index (χ1v) is 12.8. The van der Waals surface area contributed by atoms with Crippen LogP contribution in [-0.2, 0) is 6.54 Å². The SMILES string of the molecule is COc1ccc2nc(-c3ccc(-c4cccs4)s3)n(CC3CCCC(CN)C3)c(=O)c2c1. The molecule has 1 fully saturated rings. The van der Waals surface area contributed by atoms with Gasteiger partial charge in [-0.1, -0.05) is 12.5 Å². The van der Waals surface area contributed by atoms with Crippen molar-refractivity contribution in [1.29, 1.82) is 0 Å². The first-order valence-electron chi connectivity index (χ1n) is 11.1. The number of rotatable bonds is 6. The summed E-state index contributed by atoms with van der Waals surface area (Å²) < 4.78 is 7.27. The maximum Gasteiger partial charge on any atom is 0.261 e. The highest BCUT2D eigenvalue weighted by Crippen LogP contribution is 2.37. The van der Waals surface area contributed by atoms with Crippen molar-refractivity contribution in [3.05, 3.63) is 58.2 Å². The van der Waals surface area contributed by atoms with Crippen molar-refractivity contribution in [1.82, 2.24) is 9.55 Å². The molecule has 0 amide bonds. The molecule has 2 atom stereocenters. The second kappa shape index (κ2) is 9.17. The van der Waals surface area contributed by atoms with Crippen molar-refractivity contribution in [3.8, 4) is 26.2 Å². The molecule has 2 unspecified atom stereocenters. The van der Waals surface area contributed by atoms with Crippen LogP contribution in [0.15, 0.2) is 52.6 Å². The number of ether oxygens (including phenoxy) is 1. The van der Waals surface area contributed by atoms with Crippen molar-refractivity contribution >= 4 is 33.6 Å². The molecule has 1 aromatic carbocycles. The molecule has 0 bridgehead atoms.